The van der Waals surface area contributed by atoms with Gasteiger partial charge in [0.2, 0.25) is 5.91 Å². The van der Waals surface area contributed by atoms with Crippen LogP contribution in [0.25, 0.3) is 0 Å². The molecule has 0 radical (unpaired) electrons. The molecule has 0 bridgehead atoms. The summed E-state index contributed by atoms with van der Waals surface area (Å²) in [6.45, 7) is 1.88. The Kier molecular flexibility index (Phi) is 4.43. The highest BCUT2D eigenvalue weighted by Gasteiger charge is 2.17. The number of amides is 1. The molecule has 7 heteroatoms. The van der Waals surface area contributed by atoms with Gasteiger partial charge in [0.1, 0.15) is 0 Å². The third-order valence-electron chi connectivity index (χ3n) is 2.29. The Bertz CT molecular complexity index is 595. The van der Waals surface area contributed by atoms with E-state index in [1.165, 1.54) is 0 Å². The molecule has 1 aromatic heterocycles. The Morgan fingerprint density at radius 1 is 1.30 bits per heavy atom. The molecule has 1 heterocycles. The van der Waals surface area contributed by atoms with Crippen LogP contribution in [0.15, 0.2) is 34.9 Å². The van der Waals surface area contributed by atoms with Crippen LogP contribution in [-0.4, -0.2) is 28.6 Å². The number of esters is 1. The van der Waals surface area contributed by atoms with Crippen molar-refractivity contribution in [3.63, 3.8) is 0 Å². The van der Waals surface area contributed by atoms with Crippen LogP contribution in [-0.2, 0) is 16.0 Å². The number of hydrogen-bond donors (Lipinski definition) is 1. The van der Waals surface area contributed by atoms with Crippen LogP contribution in [0.5, 0.6) is 0 Å². The van der Waals surface area contributed by atoms with Crippen molar-refractivity contribution in [3.8, 4) is 0 Å². The van der Waals surface area contributed by atoms with Crippen molar-refractivity contribution in [2.24, 2.45) is 0 Å². The van der Waals surface area contributed by atoms with Crippen LogP contribution in [0.3, 0.4) is 0 Å². The first kappa shape index (κ1) is 13.7. The molecule has 1 N–H and O–H groups in total. The van der Waals surface area contributed by atoms with Gasteiger partial charge in [-0.15, -0.1) is 0 Å². The average Bonchev–Trinajstić information content (AvgIpc) is 2.88. The molecule has 0 spiro atoms. The number of aromatic nitrogens is 2. The topological polar surface area (TPSA) is 94.3 Å². The van der Waals surface area contributed by atoms with Crippen LogP contribution in [0.4, 0.5) is 5.69 Å². The monoisotopic (exact) mass is 275 g/mol. The van der Waals surface area contributed by atoms with E-state index in [1.54, 1.807) is 19.1 Å². The normalized spacial score (nSPS) is 10.1. The summed E-state index contributed by atoms with van der Waals surface area (Å²) in [6, 6.07) is 8.99. The Labute approximate surface area is 114 Å². The van der Waals surface area contributed by atoms with Crippen LogP contribution >= 0.6 is 0 Å². The summed E-state index contributed by atoms with van der Waals surface area (Å²) >= 11 is 0. The number of ether oxygens (including phenoxy) is 1. The predicted octanol–water partition coefficient (Wildman–Crippen LogP) is 1.43. The standard InChI is InChI=1S/C13H13N3O4/c1-2-19-13(18)12-15-10(16-20-12)8-11(17)14-9-6-4-3-5-7-9/h3-7H,2,8H2,1H3,(H,14,17). The second-order valence-corrected chi connectivity index (χ2v) is 3.83. The molecule has 0 atom stereocenters. The second-order valence-electron chi connectivity index (χ2n) is 3.83. The lowest BCUT2D eigenvalue weighted by atomic mass is 10.3. The van der Waals surface area contributed by atoms with Gasteiger partial charge in [-0.05, 0) is 19.1 Å². The van der Waals surface area contributed by atoms with E-state index in [0.29, 0.717) is 5.69 Å². The molecule has 0 saturated heterocycles. The van der Waals surface area contributed by atoms with Gasteiger partial charge < -0.3 is 14.6 Å². The molecule has 2 aromatic rings. The van der Waals surface area contributed by atoms with Gasteiger partial charge in [0.15, 0.2) is 5.82 Å². The molecule has 0 fully saturated rings. The van der Waals surface area contributed by atoms with E-state index in [4.69, 9.17) is 9.26 Å². The Morgan fingerprint density at radius 2 is 2.05 bits per heavy atom. The van der Waals surface area contributed by atoms with Crippen LogP contribution in [0.1, 0.15) is 23.4 Å². The summed E-state index contributed by atoms with van der Waals surface area (Å²) in [6.07, 6.45) is -0.0855. The largest absolute Gasteiger partial charge is 0.459 e. The second kappa shape index (κ2) is 6.46. The van der Waals surface area contributed by atoms with Crippen molar-refractivity contribution in [3.05, 3.63) is 42.0 Å². The summed E-state index contributed by atoms with van der Waals surface area (Å²) in [5.74, 6) is -1.13. The zero-order chi connectivity index (χ0) is 14.4. The number of carbonyl (C=O) groups is 2. The van der Waals surface area contributed by atoms with Gasteiger partial charge in [0.25, 0.3) is 0 Å². The smallest absolute Gasteiger partial charge is 0.397 e. The molecule has 20 heavy (non-hydrogen) atoms. The molecule has 7 nitrogen and oxygen atoms in total. The number of benzene rings is 1. The maximum Gasteiger partial charge on any atom is 0.397 e. The lowest BCUT2D eigenvalue weighted by Crippen LogP contribution is -2.15. The van der Waals surface area contributed by atoms with Gasteiger partial charge >= 0.3 is 11.9 Å². The molecule has 0 aliphatic heterocycles. The fourth-order valence-corrected chi connectivity index (χ4v) is 1.47. The van der Waals surface area contributed by atoms with Gasteiger partial charge in [-0.3, -0.25) is 4.79 Å². The van der Waals surface area contributed by atoms with E-state index >= 15 is 0 Å². The molecule has 0 saturated carbocycles. The first-order chi connectivity index (χ1) is 9.69. The number of para-hydroxylation sites is 1. The number of rotatable bonds is 5. The molecule has 0 unspecified atom stereocenters. The summed E-state index contributed by atoms with van der Waals surface area (Å²) in [7, 11) is 0. The number of nitrogens with one attached hydrogen (secondary N) is 1. The highest BCUT2D eigenvalue weighted by Crippen LogP contribution is 2.06. The first-order valence-corrected chi connectivity index (χ1v) is 6.03. The van der Waals surface area contributed by atoms with Crippen LogP contribution < -0.4 is 5.32 Å². The zero-order valence-electron chi connectivity index (χ0n) is 10.8. The number of anilines is 1. The van der Waals surface area contributed by atoms with Gasteiger partial charge in [0, 0.05) is 5.69 Å². The first-order valence-electron chi connectivity index (χ1n) is 6.03. The van der Waals surface area contributed by atoms with E-state index in [2.05, 4.69) is 15.5 Å². The molecule has 0 aliphatic carbocycles. The number of nitrogens with zero attached hydrogens (tertiary/aromatic N) is 2. The van der Waals surface area contributed by atoms with Gasteiger partial charge in [0.05, 0.1) is 13.0 Å². The van der Waals surface area contributed by atoms with Crippen molar-refractivity contribution in [1.82, 2.24) is 10.1 Å². The summed E-state index contributed by atoms with van der Waals surface area (Å²) < 4.78 is 9.42. The fourth-order valence-electron chi connectivity index (χ4n) is 1.47. The minimum Gasteiger partial charge on any atom is -0.459 e. The average molecular weight is 275 g/mol. The quantitative estimate of drug-likeness (QED) is 0.829. The maximum atomic E-state index is 11.7. The van der Waals surface area contributed by atoms with E-state index in [1.807, 2.05) is 18.2 Å². The van der Waals surface area contributed by atoms with Gasteiger partial charge in [-0.1, -0.05) is 23.4 Å². The number of hydrogen-bond acceptors (Lipinski definition) is 6. The highest BCUT2D eigenvalue weighted by atomic mass is 16.6. The third kappa shape index (κ3) is 3.64. The molecule has 104 valence electrons. The van der Waals surface area contributed by atoms with E-state index in [-0.39, 0.29) is 30.7 Å². The summed E-state index contributed by atoms with van der Waals surface area (Å²) in [5, 5.41) is 6.23. The molecule has 0 aliphatic rings. The number of carbonyl (C=O) groups excluding carboxylic acids is 2. The minimum absolute atomic E-state index is 0.0855. The summed E-state index contributed by atoms with van der Waals surface area (Å²) in [5.41, 5.74) is 0.673. The molecule has 1 aromatic carbocycles. The van der Waals surface area contributed by atoms with Crippen LogP contribution in [0.2, 0.25) is 0 Å². The Morgan fingerprint density at radius 3 is 2.75 bits per heavy atom. The fraction of sp³-hybridized carbons (Fsp3) is 0.231. The Hall–Kier alpha value is -2.70. The zero-order valence-corrected chi connectivity index (χ0v) is 10.8. The van der Waals surface area contributed by atoms with Crippen molar-refractivity contribution in [2.45, 2.75) is 13.3 Å². The van der Waals surface area contributed by atoms with Gasteiger partial charge in [-0.2, -0.15) is 4.98 Å². The Balaban J connectivity index is 1.93. The van der Waals surface area contributed by atoms with Crippen molar-refractivity contribution >= 4 is 17.6 Å². The van der Waals surface area contributed by atoms with E-state index < -0.39 is 5.97 Å². The van der Waals surface area contributed by atoms with Crippen LogP contribution in [0, 0.1) is 0 Å². The minimum atomic E-state index is -0.699. The SMILES string of the molecule is CCOC(=O)c1nc(CC(=O)Nc2ccccc2)no1. The van der Waals surface area contributed by atoms with E-state index in [9.17, 15) is 9.59 Å². The highest BCUT2D eigenvalue weighted by molar-refractivity contribution is 5.92. The third-order valence-corrected chi connectivity index (χ3v) is 2.29. The maximum absolute atomic E-state index is 11.7. The molecular weight excluding hydrogens is 262 g/mol. The van der Waals surface area contributed by atoms with Crippen molar-refractivity contribution in [2.75, 3.05) is 11.9 Å². The summed E-state index contributed by atoms with van der Waals surface area (Å²) in [4.78, 5) is 26.9. The van der Waals surface area contributed by atoms with Crippen molar-refractivity contribution in [1.29, 1.82) is 0 Å². The molecule has 1 amide bonds. The molecule has 2 rings (SSSR count). The van der Waals surface area contributed by atoms with Crippen molar-refractivity contribution < 1.29 is 18.8 Å². The van der Waals surface area contributed by atoms with Gasteiger partial charge in [-0.25, -0.2) is 4.79 Å². The lowest BCUT2D eigenvalue weighted by Gasteiger charge is -2.01. The van der Waals surface area contributed by atoms with E-state index in [0.717, 1.165) is 0 Å². The lowest BCUT2D eigenvalue weighted by molar-refractivity contribution is -0.115. The predicted molar refractivity (Wildman–Crippen MR) is 69.0 cm³/mol. The molecular formula is C13H13N3O4.